The summed E-state index contributed by atoms with van der Waals surface area (Å²) in [5.41, 5.74) is 2.94. The van der Waals surface area contributed by atoms with Crippen LogP contribution in [0.3, 0.4) is 0 Å². The molecule has 1 saturated heterocycles. The lowest BCUT2D eigenvalue weighted by Crippen LogP contribution is -2.27. The molecular weight excluding hydrogens is 415 g/mol. The summed E-state index contributed by atoms with van der Waals surface area (Å²) in [5.74, 6) is 0.539. The monoisotopic (exact) mass is 430 g/mol. The lowest BCUT2D eigenvalue weighted by Gasteiger charge is -2.12. The summed E-state index contributed by atoms with van der Waals surface area (Å²) >= 11 is 13.3. The van der Waals surface area contributed by atoms with Crippen molar-refractivity contribution < 1.29 is 4.79 Å². The van der Waals surface area contributed by atoms with Crippen molar-refractivity contribution in [2.45, 2.75) is 0 Å². The van der Waals surface area contributed by atoms with Gasteiger partial charge in [-0.3, -0.25) is 4.79 Å². The molecule has 0 radical (unpaired) electrons. The molecule has 1 aliphatic heterocycles. The predicted molar refractivity (Wildman–Crippen MR) is 114 cm³/mol. The van der Waals surface area contributed by atoms with E-state index in [1.54, 1.807) is 24.3 Å². The van der Waals surface area contributed by atoms with Gasteiger partial charge < -0.3 is 16.0 Å². The van der Waals surface area contributed by atoms with Gasteiger partial charge in [-0.1, -0.05) is 35.3 Å². The first-order valence-electron chi connectivity index (χ1n) is 8.61. The standard InChI is InChI=1S/C20H16Cl2N4OS/c21-14-5-1-12(2-6-14)16-11-28-20(25-16)17(18-23-9-10-24-18)26-19(27)13-3-7-15(22)8-4-13/h1-8,11,23-24H,9-10H2,(H,26,27). The largest absolute Gasteiger partial charge is 0.368 e. The SMILES string of the molecule is O=C(NC(=C1NCCN1)c1nc(-c2ccc(Cl)cc2)cs1)c1ccc(Cl)cc1. The molecule has 0 bridgehead atoms. The molecule has 1 aromatic heterocycles. The van der Waals surface area contributed by atoms with Gasteiger partial charge in [-0.25, -0.2) is 4.98 Å². The number of nitrogens with zero attached hydrogens (tertiary/aromatic N) is 1. The first-order valence-corrected chi connectivity index (χ1v) is 10.2. The minimum Gasteiger partial charge on any atom is -0.368 e. The van der Waals surface area contributed by atoms with Crippen LogP contribution in [-0.2, 0) is 0 Å². The Labute approximate surface area is 176 Å². The number of hydrogen-bond donors (Lipinski definition) is 3. The van der Waals surface area contributed by atoms with E-state index in [-0.39, 0.29) is 5.91 Å². The van der Waals surface area contributed by atoms with Crippen LogP contribution in [0.25, 0.3) is 17.0 Å². The molecular formula is C20H16Cl2N4OS. The quantitative estimate of drug-likeness (QED) is 0.574. The Morgan fingerprint density at radius 3 is 2.21 bits per heavy atom. The number of thiazole rings is 1. The summed E-state index contributed by atoms with van der Waals surface area (Å²) in [6, 6.07) is 14.3. The number of carbonyl (C=O) groups excluding carboxylic acids is 1. The zero-order valence-corrected chi connectivity index (χ0v) is 17.0. The fourth-order valence-electron chi connectivity index (χ4n) is 2.77. The van der Waals surface area contributed by atoms with Crippen LogP contribution < -0.4 is 16.0 Å². The van der Waals surface area contributed by atoms with Crippen LogP contribution in [0.15, 0.2) is 59.7 Å². The number of amides is 1. The van der Waals surface area contributed by atoms with Crippen molar-refractivity contribution in [3.63, 3.8) is 0 Å². The van der Waals surface area contributed by atoms with Gasteiger partial charge in [0.2, 0.25) is 0 Å². The molecule has 1 fully saturated rings. The van der Waals surface area contributed by atoms with Gasteiger partial charge in [-0.05, 0) is 36.4 Å². The highest BCUT2D eigenvalue weighted by Gasteiger charge is 2.20. The number of nitrogens with one attached hydrogen (secondary N) is 3. The Bertz CT molecular complexity index is 1020. The minimum atomic E-state index is -0.224. The predicted octanol–water partition coefficient (Wildman–Crippen LogP) is 4.37. The maximum absolute atomic E-state index is 12.7. The summed E-state index contributed by atoms with van der Waals surface area (Å²) in [7, 11) is 0. The lowest BCUT2D eigenvalue weighted by atomic mass is 10.2. The van der Waals surface area contributed by atoms with Crippen molar-refractivity contribution in [3.8, 4) is 11.3 Å². The van der Waals surface area contributed by atoms with E-state index in [0.717, 1.165) is 30.2 Å². The number of benzene rings is 2. The number of aromatic nitrogens is 1. The van der Waals surface area contributed by atoms with Crippen LogP contribution in [0.2, 0.25) is 10.0 Å². The molecule has 0 aliphatic carbocycles. The Morgan fingerprint density at radius 1 is 0.964 bits per heavy atom. The highest BCUT2D eigenvalue weighted by atomic mass is 35.5. The van der Waals surface area contributed by atoms with E-state index in [2.05, 4.69) is 16.0 Å². The van der Waals surface area contributed by atoms with Crippen molar-refractivity contribution in [3.05, 3.63) is 80.3 Å². The van der Waals surface area contributed by atoms with Crippen LogP contribution in [0.5, 0.6) is 0 Å². The molecule has 3 N–H and O–H groups in total. The molecule has 5 nitrogen and oxygen atoms in total. The van der Waals surface area contributed by atoms with Gasteiger partial charge in [0, 0.05) is 39.6 Å². The van der Waals surface area contributed by atoms with E-state index >= 15 is 0 Å². The van der Waals surface area contributed by atoms with E-state index in [1.165, 1.54) is 11.3 Å². The fraction of sp³-hybridized carbons (Fsp3) is 0.100. The zero-order chi connectivity index (χ0) is 19.5. The molecule has 3 aromatic rings. The van der Waals surface area contributed by atoms with Gasteiger partial charge in [-0.2, -0.15) is 0 Å². The van der Waals surface area contributed by atoms with Crippen LogP contribution in [-0.4, -0.2) is 24.0 Å². The fourth-order valence-corrected chi connectivity index (χ4v) is 3.85. The maximum Gasteiger partial charge on any atom is 0.255 e. The highest BCUT2D eigenvalue weighted by molar-refractivity contribution is 7.11. The van der Waals surface area contributed by atoms with Crippen LogP contribution in [0, 0.1) is 0 Å². The first kappa shape index (κ1) is 18.8. The van der Waals surface area contributed by atoms with Crippen molar-refractivity contribution in [1.82, 2.24) is 20.9 Å². The average molecular weight is 431 g/mol. The molecule has 0 saturated carbocycles. The molecule has 1 amide bonds. The van der Waals surface area contributed by atoms with E-state index in [9.17, 15) is 4.79 Å². The van der Waals surface area contributed by atoms with E-state index in [1.807, 2.05) is 29.6 Å². The summed E-state index contributed by atoms with van der Waals surface area (Å²) in [6.07, 6.45) is 0. The molecule has 2 heterocycles. The average Bonchev–Trinajstić information content (AvgIpc) is 3.39. The van der Waals surface area contributed by atoms with Crippen LogP contribution in [0.4, 0.5) is 0 Å². The van der Waals surface area contributed by atoms with Gasteiger partial charge in [0.05, 0.1) is 5.69 Å². The molecule has 28 heavy (non-hydrogen) atoms. The number of hydrogen-bond acceptors (Lipinski definition) is 5. The molecule has 1 aliphatic rings. The van der Waals surface area contributed by atoms with E-state index in [0.29, 0.717) is 26.3 Å². The van der Waals surface area contributed by atoms with Crippen molar-refractivity contribution in [2.75, 3.05) is 13.1 Å². The Morgan fingerprint density at radius 2 is 1.57 bits per heavy atom. The molecule has 2 aromatic carbocycles. The summed E-state index contributed by atoms with van der Waals surface area (Å²) in [5, 5.41) is 13.4. The zero-order valence-electron chi connectivity index (χ0n) is 14.6. The molecule has 0 spiro atoms. The Hall–Kier alpha value is -2.54. The lowest BCUT2D eigenvalue weighted by molar-refractivity contribution is 0.0973. The summed E-state index contributed by atoms with van der Waals surface area (Å²) in [6.45, 7) is 1.57. The number of halogens is 2. The third-order valence-electron chi connectivity index (χ3n) is 4.18. The molecule has 142 valence electrons. The molecule has 4 rings (SSSR count). The summed E-state index contributed by atoms with van der Waals surface area (Å²) < 4.78 is 0. The minimum absolute atomic E-state index is 0.224. The Kier molecular flexibility index (Phi) is 5.52. The first-order chi connectivity index (χ1) is 13.6. The normalized spacial score (nSPS) is 13.0. The van der Waals surface area contributed by atoms with E-state index < -0.39 is 0 Å². The van der Waals surface area contributed by atoms with Crippen molar-refractivity contribution in [1.29, 1.82) is 0 Å². The summed E-state index contributed by atoms with van der Waals surface area (Å²) in [4.78, 5) is 17.4. The second kappa shape index (κ2) is 8.22. The molecule has 0 unspecified atom stereocenters. The van der Waals surface area contributed by atoms with Gasteiger partial charge in [-0.15, -0.1) is 11.3 Å². The second-order valence-electron chi connectivity index (χ2n) is 6.11. The smallest absolute Gasteiger partial charge is 0.255 e. The van der Waals surface area contributed by atoms with Gasteiger partial charge >= 0.3 is 0 Å². The maximum atomic E-state index is 12.7. The second-order valence-corrected chi connectivity index (χ2v) is 7.84. The van der Waals surface area contributed by atoms with Crippen molar-refractivity contribution in [2.24, 2.45) is 0 Å². The van der Waals surface area contributed by atoms with Gasteiger partial charge in [0.1, 0.15) is 16.5 Å². The Balaban J connectivity index is 1.64. The number of rotatable bonds is 4. The van der Waals surface area contributed by atoms with Gasteiger partial charge in [0.15, 0.2) is 0 Å². The van der Waals surface area contributed by atoms with Crippen LogP contribution in [0.1, 0.15) is 15.4 Å². The number of carbonyl (C=O) groups is 1. The molecule has 8 heteroatoms. The van der Waals surface area contributed by atoms with Crippen LogP contribution >= 0.6 is 34.5 Å². The third kappa shape index (κ3) is 4.14. The van der Waals surface area contributed by atoms with Crippen molar-refractivity contribution >= 4 is 46.1 Å². The topological polar surface area (TPSA) is 66.1 Å². The molecule has 0 atom stereocenters. The van der Waals surface area contributed by atoms with E-state index in [4.69, 9.17) is 28.2 Å². The third-order valence-corrected chi connectivity index (χ3v) is 5.55. The highest BCUT2D eigenvalue weighted by Crippen LogP contribution is 2.27. The van der Waals surface area contributed by atoms with Gasteiger partial charge in [0.25, 0.3) is 5.91 Å².